The minimum atomic E-state index is -2.44. The van der Waals surface area contributed by atoms with Gasteiger partial charge in [-0.05, 0) is 0 Å². The van der Waals surface area contributed by atoms with Crippen LogP contribution in [0.1, 0.15) is 0 Å². The van der Waals surface area contributed by atoms with Crippen molar-refractivity contribution in [3.63, 3.8) is 0 Å². The van der Waals surface area contributed by atoms with Crippen LogP contribution in [0.25, 0.3) is 0 Å². The van der Waals surface area contributed by atoms with Gasteiger partial charge in [-0.3, -0.25) is 0 Å². The van der Waals surface area contributed by atoms with Crippen LogP contribution in [-0.2, 0) is 58.1 Å². The summed E-state index contributed by atoms with van der Waals surface area (Å²) in [5.74, 6) is -8.23. The second kappa shape index (κ2) is 13.6. The minimum Gasteiger partial charge on any atom is -0.547 e. The van der Waals surface area contributed by atoms with Crippen molar-refractivity contribution in [2.75, 3.05) is 0 Å². The first-order valence-electron chi connectivity index (χ1n) is 4.49. The van der Waals surface area contributed by atoms with Crippen LogP contribution >= 0.6 is 0 Å². The van der Waals surface area contributed by atoms with Crippen LogP contribution in [-0.4, -0.2) is 68.7 Å². The smallest absolute Gasteiger partial charge is 0.547 e. The second-order valence-corrected chi connectivity index (χ2v) is 3.06. The summed E-state index contributed by atoms with van der Waals surface area (Å²) in [6.45, 7) is 0. The summed E-state index contributed by atoms with van der Waals surface area (Å²) in [5.41, 5.74) is 0. The Hall–Kier alpha value is -1.03. The van der Waals surface area contributed by atoms with E-state index in [0.717, 1.165) is 0 Å². The average molecular weight is 427 g/mol. The van der Waals surface area contributed by atoms with Crippen LogP contribution in [0, 0.1) is 0 Å². The van der Waals surface area contributed by atoms with E-state index in [2.05, 4.69) is 0 Å². The third kappa shape index (κ3) is 11.6. The molecule has 0 heterocycles. The van der Waals surface area contributed by atoms with E-state index in [4.69, 9.17) is 20.4 Å². The molecule has 12 nitrogen and oxygen atoms in total. The van der Waals surface area contributed by atoms with E-state index in [1.54, 1.807) is 0 Å². The summed E-state index contributed by atoms with van der Waals surface area (Å²) in [6.07, 6.45) is -9.76. The van der Waals surface area contributed by atoms with Gasteiger partial charge in [0, 0.05) is 0 Å². The molecule has 0 aliphatic heterocycles. The molecule has 0 saturated carbocycles. The van der Waals surface area contributed by atoms with Crippen molar-refractivity contribution in [2.24, 2.45) is 0 Å². The molecular formula is C8H8O12Zn2. The van der Waals surface area contributed by atoms with Gasteiger partial charge < -0.3 is 60.0 Å². The van der Waals surface area contributed by atoms with Crippen molar-refractivity contribution in [2.45, 2.75) is 24.4 Å². The molecule has 14 heteroatoms. The summed E-state index contributed by atoms with van der Waals surface area (Å²) in [4.78, 5) is 38.5. The van der Waals surface area contributed by atoms with Crippen LogP contribution < -0.4 is 20.4 Å². The van der Waals surface area contributed by atoms with Crippen molar-refractivity contribution in [3.05, 3.63) is 0 Å². The second-order valence-electron chi connectivity index (χ2n) is 3.06. The number of carbonyl (C=O) groups is 4. The van der Waals surface area contributed by atoms with Crippen LogP contribution in [0.5, 0.6) is 0 Å². The number of hydrogen-bond donors (Lipinski definition) is 4. The molecule has 0 fully saturated rings. The van der Waals surface area contributed by atoms with Gasteiger partial charge in [0.1, 0.15) is 24.4 Å². The molecule has 0 aliphatic rings. The van der Waals surface area contributed by atoms with Crippen LogP contribution in [0.2, 0.25) is 0 Å². The number of aliphatic hydroxyl groups excluding tert-OH is 4. The maximum absolute atomic E-state index is 9.63. The monoisotopic (exact) mass is 424 g/mol. The predicted molar refractivity (Wildman–Crippen MR) is 44.1 cm³/mol. The fourth-order valence-corrected chi connectivity index (χ4v) is 0.516. The van der Waals surface area contributed by atoms with Gasteiger partial charge in [-0.15, -0.1) is 0 Å². The van der Waals surface area contributed by atoms with Gasteiger partial charge in [0.15, 0.2) is 0 Å². The number of carboxylic acid groups (broad SMARTS) is 4. The molecule has 0 spiro atoms. The van der Waals surface area contributed by atoms with E-state index in [1.165, 1.54) is 0 Å². The number of carboxylic acids is 4. The largest absolute Gasteiger partial charge is 2.00 e. The molecule has 22 heavy (non-hydrogen) atoms. The molecular weight excluding hydrogens is 419 g/mol. The molecule has 0 aromatic heterocycles. The zero-order valence-electron chi connectivity index (χ0n) is 10.8. The minimum absolute atomic E-state index is 0. The molecule has 0 aliphatic carbocycles. The Morgan fingerprint density at radius 2 is 0.591 bits per heavy atom. The Kier molecular flexibility index (Phi) is 18.0. The predicted octanol–water partition coefficient (Wildman–Crippen LogP) is -9.59. The fraction of sp³-hybridized carbons (Fsp3) is 0.500. The first kappa shape index (κ1) is 29.0. The Morgan fingerprint density at radius 3 is 0.636 bits per heavy atom. The van der Waals surface area contributed by atoms with Gasteiger partial charge in [0.05, 0.1) is 23.9 Å². The zero-order chi connectivity index (χ0) is 16.6. The zero-order valence-corrected chi connectivity index (χ0v) is 16.7. The van der Waals surface area contributed by atoms with Crippen molar-refractivity contribution < 1.29 is 99.0 Å². The summed E-state index contributed by atoms with van der Waals surface area (Å²) < 4.78 is 0. The Bertz CT molecular complexity index is 313. The van der Waals surface area contributed by atoms with Crippen LogP contribution in [0.3, 0.4) is 0 Å². The van der Waals surface area contributed by atoms with Gasteiger partial charge >= 0.3 is 39.0 Å². The molecule has 0 amide bonds. The number of aliphatic hydroxyl groups is 4. The van der Waals surface area contributed by atoms with E-state index >= 15 is 0 Å². The van der Waals surface area contributed by atoms with Crippen LogP contribution in [0.15, 0.2) is 0 Å². The molecule has 0 radical (unpaired) electrons. The van der Waals surface area contributed by atoms with E-state index in [0.29, 0.717) is 0 Å². The number of carbonyl (C=O) groups excluding carboxylic acids is 4. The van der Waals surface area contributed by atoms with Crippen LogP contribution in [0.4, 0.5) is 0 Å². The van der Waals surface area contributed by atoms with Gasteiger partial charge in [-0.2, -0.15) is 0 Å². The molecule has 4 atom stereocenters. The summed E-state index contributed by atoms with van der Waals surface area (Å²) in [7, 11) is 0. The normalized spacial score (nSPS) is 14.4. The molecule has 4 unspecified atom stereocenters. The Morgan fingerprint density at radius 1 is 0.500 bits per heavy atom. The summed E-state index contributed by atoms with van der Waals surface area (Å²) >= 11 is 0. The molecule has 0 rings (SSSR count). The molecule has 0 bridgehead atoms. The number of aliphatic carboxylic acids is 4. The van der Waals surface area contributed by atoms with Gasteiger partial charge in [-0.1, -0.05) is 0 Å². The van der Waals surface area contributed by atoms with E-state index < -0.39 is 48.3 Å². The topological polar surface area (TPSA) is 241 Å². The Labute approximate surface area is 147 Å². The van der Waals surface area contributed by atoms with E-state index in [1.807, 2.05) is 0 Å². The molecule has 116 valence electrons. The molecule has 0 aromatic rings. The third-order valence-electron chi connectivity index (χ3n) is 1.56. The van der Waals surface area contributed by atoms with Gasteiger partial charge in [0.25, 0.3) is 0 Å². The van der Waals surface area contributed by atoms with E-state index in [9.17, 15) is 39.6 Å². The summed E-state index contributed by atoms with van der Waals surface area (Å²) in [5, 5.41) is 71.5. The first-order chi connectivity index (χ1) is 8.93. The quantitative estimate of drug-likeness (QED) is 0.289. The first-order valence-corrected chi connectivity index (χ1v) is 4.49. The van der Waals surface area contributed by atoms with Crippen molar-refractivity contribution >= 4 is 23.9 Å². The standard InChI is InChI=1S/2C4H6O6.2Zn/c2*5-1(3(7)8)2(6)4(9)10;;/h2*1-2,5-6H,(H,7,8)(H,9,10);;/q;;2*+2/p-4. The van der Waals surface area contributed by atoms with Crippen molar-refractivity contribution in [1.82, 2.24) is 0 Å². The molecule has 4 N–H and O–H groups in total. The number of rotatable bonds is 6. The maximum atomic E-state index is 9.63. The maximum Gasteiger partial charge on any atom is 2.00 e. The van der Waals surface area contributed by atoms with Gasteiger partial charge in [-0.25, -0.2) is 0 Å². The molecule has 0 saturated heterocycles. The third-order valence-corrected chi connectivity index (χ3v) is 1.56. The van der Waals surface area contributed by atoms with E-state index in [-0.39, 0.29) is 39.0 Å². The number of hydrogen-bond acceptors (Lipinski definition) is 12. The Balaban J connectivity index is -0.000000135. The van der Waals surface area contributed by atoms with Crippen molar-refractivity contribution in [1.29, 1.82) is 0 Å². The average Bonchev–Trinajstić information content (AvgIpc) is 2.35. The SMILES string of the molecule is O=C([O-])C(O)C(O)C(=O)[O-].O=C([O-])C(O)C(O)C(=O)[O-].[Zn+2].[Zn+2]. The fourth-order valence-electron chi connectivity index (χ4n) is 0.516. The summed E-state index contributed by atoms with van der Waals surface area (Å²) in [6, 6.07) is 0. The van der Waals surface area contributed by atoms with Crippen molar-refractivity contribution in [3.8, 4) is 0 Å². The van der Waals surface area contributed by atoms with Gasteiger partial charge in [0.2, 0.25) is 0 Å². The molecule has 0 aromatic carbocycles.